The summed E-state index contributed by atoms with van der Waals surface area (Å²) in [5, 5.41) is 14.8. The third-order valence-electron chi connectivity index (χ3n) is 5.81. The molecule has 2 aliphatic rings. The molecule has 6 heteroatoms. The van der Waals surface area contributed by atoms with Gasteiger partial charge in [0.25, 0.3) is 0 Å². The molecule has 0 spiro atoms. The van der Waals surface area contributed by atoms with Crippen LogP contribution >= 0.6 is 0 Å². The van der Waals surface area contributed by atoms with E-state index in [-0.39, 0.29) is 36.1 Å². The lowest BCUT2D eigenvalue weighted by atomic mass is 9.84. The van der Waals surface area contributed by atoms with Crippen LogP contribution in [0.5, 0.6) is 0 Å². The third kappa shape index (κ3) is 7.34. The molecular formula is C20H34N2O4. The van der Waals surface area contributed by atoms with Crippen molar-refractivity contribution in [2.45, 2.75) is 83.6 Å². The number of carboxylic acid groups (broad SMARTS) is 1. The molecule has 0 aromatic rings. The van der Waals surface area contributed by atoms with Gasteiger partial charge in [-0.1, -0.05) is 26.2 Å². The number of carbonyl (C=O) groups is 3. The minimum Gasteiger partial charge on any atom is -0.481 e. The van der Waals surface area contributed by atoms with Crippen LogP contribution in [0.4, 0.5) is 0 Å². The molecule has 2 rings (SSSR count). The van der Waals surface area contributed by atoms with Crippen molar-refractivity contribution in [2.24, 2.45) is 17.8 Å². The molecule has 0 bridgehead atoms. The fourth-order valence-electron chi connectivity index (χ4n) is 4.23. The second kappa shape index (κ2) is 10.5. The summed E-state index contributed by atoms with van der Waals surface area (Å²) >= 11 is 0. The number of rotatable bonds is 8. The van der Waals surface area contributed by atoms with Crippen LogP contribution < -0.4 is 10.6 Å². The summed E-state index contributed by atoms with van der Waals surface area (Å²) in [7, 11) is 0. The lowest BCUT2D eigenvalue weighted by Crippen LogP contribution is -2.42. The van der Waals surface area contributed by atoms with E-state index in [4.69, 9.17) is 5.11 Å². The molecule has 0 aliphatic heterocycles. The van der Waals surface area contributed by atoms with Crippen LogP contribution in [0.3, 0.4) is 0 Å². The van der Waals surface area contributed by atoms with Crippen molar-refractivity contribution in [3.05, 3.63) is 0 Å². The summed E-state index contributed by atoms with van der Waals surface area (Å²) in [6, 6.07) is 0.195. The Morgan fingerprint density at radius 3 is 2.27 bits per heavy atom. The quantitative estimate of drug-likeness (QED) is 0.615. The Kier molecular flexibility index (Phi) is 8.39. The average molecular weight is 367 g/mol. The average Bonchev–Trinajstić information content (AvgIpc) is 2.60. The van der Waals surface area contributed by atoms with Crippen LogP contribution in [0, 0.1) is 17.8 Å². The van der Waals surface area contributed by atoms with Gasteiger partial charge in [0.2, 0.25) is 11.8 Å². The van der Waals surface area contributed by atoms with E-state index < -0.39 is 5.97 Å². The van der Waals surface area contributed by atoms with Gasteiger partial charge in [-0.3, -0.25) is 14.4 Å². The Balaban J connectivity index is 1.62. The first-order chi connectivity index (χ1) is 12.4. The first kappa shape index (κ1) is 20.7. The van der Waals surface area contributed by atoms with Gasteiger partial charge in [0, 0.05) is 31.3 Å². The monoisotopic (exact) mass is 366 g/mol. The summed E-state index contributed by atoms with van der Waals surface area (Å²) < 4.78 is 0. The van der Waals surface area contributed by atoms with Crippen LogP contribution in [-0.2, 0) is 14.4 Å². The summed E-state index contributed by atoms with van der Waals surface area (Å²) in [6.45, 7) is 2.23. The van der Waals surface area contributed by atoms with E-state index in [1.165, 1.54) is 32.1 Å². The second-order valence-corrected chi connectivity index (χ2v) is 8.27. The van der Waals surface area contributed by atoms with Gasteiger partial charge in [-0.25, -0.2) is 0 Å². The first-order valence-corrected chi connectivity index (χ1v) is 10.2. The van der Waals surface area contributed by atoms with E-state index in [0.29, 0.717) is 18.9 Å². The van der Waals surface area contributed by atoms with E-state index in [2.05, 4.69) is 10.6 Å². The van der Waals surface area contributed by atoms with Crippen molar-refractivity contribution in [2.75, 3.05) is 6.54 Å². The maximum absolute atomic E-state index is 12.2. The number of carboxylic acids is 1. The molecule has 0 aromatic heterocycles. The largest absolute Gasteiger partial charge is 0.481 e. The SMILES string of the molecule is CC(CNC(=O)C1CCC(NC(=O)CC2CCCCC2)CC1)CC(=O)O. The zero-order valence-electron chi connectivity index (χ0n) is 16.0. The standard InChI is InChI=1S/C20H34N2O4/c1-14(11-19(24)25)13-21-20(26)16-7-9-17(10-8-16)22-18(23)12-15-5-3-2-4-6-15/h14-17H,2-13H2,1H3,(H,21,26)(H,22,23)(H,24,25). The number of hydrogen-bond donors (Lipinski definition) is 3. The molecule has 0 radical (unpaired) electrons. The van der Waals surface area contributed by atoms with Gasteiger partial charge < -0.3 is 15.7 Å². The van der Waals surface area contributed by atoms with Crippen LogP contribution in [0.15, 0.2) is 0 Å². The van der Waals surface area contributed by atoms with Crippen LogP contribution in [0.25, 0.3) is 0 Å². The lowest BCUT2D eigenvalue weighted by Gasteiger charge is -2.29. The molecule has 0 saturated heterocycles. The Morgan fingerprint density at radius 2 is 1.65 bits per heavy atom. The molecule has 2 saturated carbocycles. The predicted octanol–water partition coefficient (Wildman–Crippen LogP) is 2.86. The lowest BCUT2D eigenvalue weighted by molar-refractivity contribution is -0.138. The number of aliphatic carboxylic acids is 1. The molecule has 0 aromatic carbocycles. The smallest absolute Gasteiger partial charge is 0.303 e. The highest BCUT2D eigenvalue weighted by atomic mass is 16.4. The highest BCUT2D eigenvalue weighted by Crippen LogP contribution is 2.27. The number of carbonyl (C=O) groups excluding carboxylic acids is 2. The van der Waals surface area contributed by atoms with E-state index in [0.717, 1.165) is 25.7 Å². The molecule has 26 heavy (non-hydrogen) atoms. The minimum absolute atomic E-state index is 0.0153. The van der Waals surface area contributed by atoms with Gasteiger partial charge in [0.05, 0.1) is 0 Å². The summed E-state index contributed by atoms with van der Waals surface area (Å²) in [5.74, 6) is -0.165. The predicted molar refractivity (Wildman–Crippen MR) is 99.5 cm³/mol. The topological polar surface area (TPSA) is 95.5 Å². The van der Waals surface area contributed by atoms with Crippen molar-refractivity contribution in [3.8, 4) is 0 Å². The second-order valence-electron chi connectivity index (χ2n) is 8.27. The molecule has 3 N–H and O–H groups in total. The first-order valence-electron chi connectivity index (χ1n) is 10.2. The van der Waals surface area contributed by atoms with Gasteiger partial charge in [0.1, 0.15) is 0 Å². The Hall–Kier alpha value is -1.59. The fourth-order valence-corrected chi connectivity index (χ4v) is 4.23. The van der Waals surface area contributed by atoms with Gasteiger partial charge in [-0.05, 0) is 50.4 Å². The van der Waals surface area contributed by atoms with Gasteiger partial charge in [-0.2, -0.15) is 0 Å². The third-order valence-corrected chi connectivity index (χ3v) is 5.81. The molecule has 2 aliphatic carbocycles. The van der Waals surface area contributed by atoms with E-state index in [9.17, 15) is 14.4 Å². The minimum atomic E-state index is -0.837. The molecule has 1 atom stereocenters. The van der Waals surface area contributed by atoms with Crippen LogP contribution in [0.1, 0.15) is 77.6 Å². The van der Waals surface area contributed by atoms with E-state index in [1.54, 1.807) is 0 Å². The molecule has 1 unspecified atom stereocenters. The zero-order valence-corrected chi connectivity index (χ0v) is 16.0. The number of hydrogen-bond acceptors (Lipinski definition) is 3. The van der Waals surface area contributed by atoms with E-state index in [1.807, 2.05) is 6.92 Å². The summed E-state index contributed by atoms with van der Waals surface area (Å²) in [4.78, 5) is 35.1. The highest BCUT2D eigenvalue weighted by molar-refractivity contribution is 5.79. The van der Waals surface area contributed by atoms with Gasteiger partial charge in [0.15, 0.2) is 0 Å². The molecular weight excluding hydrogens is 332 g/mol. The van der Waals surface area contributed by atoms with Gasteiger partial charge in [-0.15, -0.1) is 0 Å². The molecule has 2 fully saturated rings. The molecule has 2 amide bonds. The zero-order chi connectivity index (χ0) is 18.9. The Labute approximate surface area is 156 Å². The maximum Gasteiger partial charge on any atom is 0.303 e. The fraction of sp³-hybridized carbons (Fsp3) is 0.850. The molecule has 148 valence electrons. The van der Waals surface area contributed by atoms with Crippen LogP contribution in [-0.4, -0.2) is 35.5 Å². The summed E-state index contributed by atoms with van der Waals surface area (Å²) in [5.41, 5.74) is 0. The van der Waals surface area contributed by atoms with Crippen molar-refractivity contribution in [1.29, 1.82) is 0 Å². The Bertz CT molecular complexity index is 480. The van der Waals surface area contributed by atoms with Crippen LogP contribution in [0.2, 0.25) is 0 Å². The van der Waals surface area contributed by atoms with Crippen molar-refractivity contribution >= 4 is 17.8 Å². The number of amides is 2. The highest BCUT2D eigenvalue weighted by Gasteiger charge is 2.28. The van der Waals surface area contributed by atoms with E-state index >= 15 is 0 Å². The molecule has 0 heterocycles. The van der Waals surface area contributed by atoms with Gasteiger partial charge >= 0.3 is 5.97 Å². The van der Waals surface area contributed by atoms with Crippen molar-refractivity contribution < 1.29 is 19.5 Å². The maximum atomic E-state index is 12.2. The summed E-state index contributed by atoms with van der Waals surface area (Å²) in [6.07, 6.45) is 10.2. The van der Waals surface area contributed by atoms with Crippen molar-refractivity contribution in [1.82, 2.24) is 10.6 Å². The van der Waals surface area contributed by atoms with Crippen molar-refractivity contribution in [3.63, 3.8) is 0 Å². The number of nitrogens with one attached hydrogen (secondary N) is 2. The normalized spacial score (nSPS) is 25.3. The Morgan fingerprint density at radius 1 is 1.00 bits per heavy atom. The molecule has 6 nitrogen and oxygen atoms in total.